The predicted molar refractivity (Wildman–Crippen MR) is 77.1 cm³/mol. The summed E-state index contributed by atoms with van der Waals surface area (Å²) in [6.45, 7) is 4.77. The highest BCUT2D eigenvalue weighted by Gasteiger charge is 2.17. The van der Waals surface area contributed by atoms with Crippen molar-refractivity contribution in [2.45, 2.75) is 20.3 Å². The Hall–Kier alpha value is -1.36. The Morgan fingerprint density at radius 2 is 2.05 bits per heavy atom. The lowest BCUT2D eigenvalue weighted by Gasteiger charge is -2.21. The first-order chi connectivity index (χ1) is 8.99. The zero-order chi connectivity index (χ0) is 14.4. The summed E-state index contributed by atoms with van der Waals surface area (Å²) in [5.41, 5.74) is 1.69. The van der Waals surface area contributed by atoms with Crippen molar-refractivity contribution in [3.63, 3.8) is 0 Å². The lowest BCUT2D eigenvalue weighted by molar-refractivity contribution is -0.140. The third-order valence-electron chi connectivity index (χ3n) is 2.84. The van der Waals surface area contributed by atoms with Crippen LogP contribution in [0.3, 0.4) is 0 Å². The average Bonchev–Trinajstić information content (AvgIpc) is 2.38. The maximum atomic E-state index is 12.4. The van der Waals surface area contributed by atoms with E-state index in [4.69, 9.17) is 0 Å². The molecule has 0 saturated heterocycles. The Bertz CT molecular complexity index is 474. The molecule has 0 saturated carbocycles. The fraction of sp³-hybridized carbons (Fsp3) is 0.429. The van der Waals surface area contributed by atoms with Gasteiger partial charge in [0, 0.05) is 17.6 Å². The van der Waals surface area contributed by atoms with Crippen LogP contribution in [0.5, 0.6) is 0 Å². The Balaban J connectivity index is 2.80. The molecule has 0 N–H and O–H groups in total. The first-order valence-electron chi connectivity index (χ1n) is 6.11. The number of methoxy groups -OCH3 is 1. The van der Waals surface area contributed by atoms with Gasteiger partial charge in [-0.2, -0.15) is 0 Å². The van der Waals surface area contributed by atoms with Crippen molar-refractivity contribution in [1.29, 1.82) is 0 Å². The van der Waals surface area contributed by atoms with Gasteiger partial charge in [-0.1, -0.05) is 6.07 Å². The molecule has 0 aliphatic rings. The Kier molecular flexibility index (Phi) is 6.02. The highest BCUT2D eigenvalue weighted by Crippen LogP contribution is 2.20. The summed E-state index contributed by atoms with van der Waals surface area (Å²) >= 11 is 3.40. The molecule has 1 rings (SSSR count). The minimum atomic E-state index is -0.311. The maximum Gasteiger partial charge on any atom is 0.307 e. The first-order valence-corrected chi connectivity index (χ1v) is 6.91. The molecule has 0 atom stereocenters. The average molecular weight is 328 g/mol. The largest absolute Gasteiger partial charge is 0.469 e. The van der Waals surface area contributed by atoms with E-state index in [1.807, 2.05) is 26.0 Å². The van der Waals surface area contributed by atoms with Crippen LogP contribution in [-0.2, 0) is 9.53 Å². The van der Waals surface area contributed by atoms with E-state index in [-0.39, 0.29) is 18.3 Å². The summed E-state index contributed by atoms with van der Waals surface area (Å²) < 4.78 is 5.36. The summed E-state index contributed by atoms with van der Waals surface area (Å²) in [5.74, 6) is -0.396. The number of halogens is 1. The van der Waals surface area contributed by atoms with Crippen molar-refractivity contribution < 1.29 is 14.3 Å². The zero-order valence-electron chi connectivity index (χ0n) is 11.4. The van der Waals surface area contributed by atoms with E-state index in [0.29, 0.717) is 18.7 Å². The minimum absolute atomic E-state index is 0.0849. The van der Waals surface area contributed by atoms with Crippen molar-refractivity contribution in [3.05, 3.63) is 33.8 Å². The molecular weight excluding hydrogens is 310 g/mol. The number of nitrogens with zero attached hydrogens (tertiary/aromatic N) is 1. The van der Waals surface area contributed by atoms with Crippen molar-refractivity contribution in [3.8, 4) is 0 Å². The molecule has 0 spiro atoms. The third kappa shape index (κ3) is 4.35. The van der Waals surface area contributed by atoms with E-state index in [2.05, 4.69) is 20.7 Å². The highest BCUT2D eigenvalue weighted by molar-refractivity contribution is 9.10. The summed E-state index contributed by atoms with van der Waals surface area (Å²) in [5, 5.41) is 0. The lowest BCUT2D eigenvalue weighted by Crippen LogP contribution is -2.33. The van der Waals surface area contributed by atoms with Gasteiger partial charge in [0.25, 0.3) is 5.91 Å². The number of hydrogen-bond donors (Lipinski definition) is 0. The van der Waals surface area contributed by atoms with Gasteiger partial charge in [0.15, 0.2) is 0 Å². The van der Waals surface area contributed by atoms with Crippen LogP contribution < -0.4 is 0 Å². The van der Waals surface area contributed by atoms with Gasteiger partial charge < -0.3 is 9.64 Å². The van der Waals surface area contributed by atoms with Gasteiger partial charge in [-0.15, -0.1) is 0 Å². The second-order valence-corrected chi connectivity index (χ2v) is 5.05. The van der Waals surface area contributed by atoms with Gasteiger partial charge in [-0.05, 0) is 47.5 Å². The molecule has 0 aliphatic heterocycles. The third-order valence-corrected chi connectivity index (χ3v) is 3.49. The molecule has 0 aliphatic carbocycles. The van der Waals surface area contributed by atoms with Crippen LogP contribution in [0.15, 0.2) is 22.7 Å². The van der Waals surface area contributed by atoms with Crippen LogP contribution in [0.1, 0.15) is 29.3 Å². The number of ether oxygens (including phenoxy) is 1. The van der Waals surface area contributed by atoms with E-state index in [1.54, 1.807) is 11.0 Å². The van der Waals surface area contributed by atoms with Crippen molar-refractivity contribution in [2.24, 2.45) is 0 Å². The van der Waals surface area contributed by atoms with Crippen molar-refractivity contribution in [1.82, 2.24) is 4.90 Å². The highest BCUT2D eigenvalue weighted by atomic mass is 79.9. The molecule has 19 heavy (non-hydrogen) atoms. The van der Waals surface area contributed by atoms with E-state index in [9.17, 15) is 9.59 Å². The molecule has 1 aromatic carbocycles. The van der Waals surface area contributed by atoms with E-state index in [0.717, 1.165) is 10.0 Å². The summed E-state index contributed by atoms with van der Waals surface area (Å²) in [6.07, 6.45) is 0.208. The maximum absolute atomic E-state index is 12.4. The second kappa shape index (κ2) is 7.28. The number of esters is 1. The van der Waals surface area contributed by atoms with Crippen LogP contribution >= 0.6 is 15.9 Å². The SMILES string of the molecule is CCN(CCC(=O)OC)C(=O)c1ccc(C)cc1Br. The van der Waals surface area contributed by atoms with Gasteiger partial charge >= 0.3 is 5.97 Å². The molecule has 0 radical (unpaired) electrons. The molecule has 5 heteroatoms. The standard InChI is InChI=1S/C14H18BrNO3/c1-4-16(8-7-13(17)19-3)14(18)11-6-5-10(2)9-12(11)15/h5-6,9H,4,7-8H2,1-3H3. The van der Waals surface area contributed by atoms with Crippen LogP contribution in [0.4, 0.5) is 0 Å². The fourth-order valence-electron chi connectivity index (χ4n) is 1.70. The molecule has 0 fully saturated rings. The molecule has 0 bridgehead atoms. The van der Waals surface area contributed by atoms with Crippen LogP contribution in [0.2, 0.25) is 0 Å². The van der Waals surface area contributed by atoms with Crippen LogP contribution in [-0.4, -0.2) is 37.0 Å². The summed E-state index contributed by atoms with van der Waals surface area (Å²) in [7, 11) is 1.34. The van der Waals surface area contributed by atoms with Crippen molar-refractivity contribution in [2.75, 3.05) is 20.2 Å². The topological polar surface area (TPSA) is 46.6 Å². The normalized spacial score (nSPS) is 10.1. The number of aryl methyl sites for hydroxylation is 1. The number of carbonyl (C=O) groups excluding carboxylic acids is 2. The van der Waals surface area contributed by atoms with E-state index < -0.39 is 0 Å². The molecule has 4 nitrogen and oxygen atoms in total. The Morgan fingerprint density at radius 3 is 2.58 bits per heavy atom. The van der Waals surface area contributed by atoms with E-state index in [1.165, 1.54) is 7.11 Å². The Labute approximate surface area is 121 Å². The van der Waals surface area contributed by atoms with Gasteiger partial charge in [-0.25, -0.2) is 0 Å². The number of amides is 1. The molecule has 0 heterocycles. The predicted octanol–water partition coefficient (Wildman–Crippen LogP) is 2.78. The number of hydrogen-bond acceptors (Lipinski definition) is 3. The van der Waals surface area contributed by atoms with Gasteiger partial charge in [0.05, 0.1) is 19.1 Å². The smallest absolute Gasteiger partial charge is 0.307 e. The van der Waals surface area contributed by atoms with Gasteiger partial charge in [-0.3, -0.25) is 9.59 Å². The molecule has 0 unspecified atom stereocenters. The molecule has 1 aromatic rings. The van der Waals surface area contributed by atoms with Crippen molar-refractivity contribution >= 4 is 27.8 Å². The number of carbonyl (C=O) groups is 2. The monoisotopic (exact) mass is 327 g/mol. The summed E-state index contributed by atoms with van der Waals surface area (Å²) in [6, 6.07) is 5.59. The van der Waals surface area contributed by atoms with Crippen LogP contribution in [0.25, 0.3) is 0 Å². The molecule has 104 valence electrons. The van der Waals surface area contributed by atoms with Gasteiger partial charge in [0.1, 0.15) is 0 Å². The summed E-state index contributed by atoms with van der Waals surface area (Å²) in [4.78, 5) is 25.1. The fourth-order valence-corrected chi connectivity index (χ4v) is 2.36. The first kappa shape index (κ1) is 15.7. The quantitative estimate of drug-likeness (QED) is 0.781. The molecular formula is C14H18BrNO3. The number of benzene rings is 1. The number of rotatable bonds is 5. The van der Waals surface area contributed by atoms with Gasteiger partial charge in [0.2, 0.25) is 0 Å². The minimum Gasteiger partial charge on any atom is -0.469 e. The van der Waals surface area contributed by atoms with E-state index >= 15 is 0 Å². The lowest BCUT2D eigenvalue weighted by atomic mass is 10.1. The van der Waals surface area contributed by atoms with Crippen LogP contribution in [0, 0.1) is 6.92 Å². The zero-order valence-corrected chi connectivity index (χ0v) is 13.0. The molecule has 0 aromatic heterocycles. The molecule has 1 amide bonds. The Morgan fingerprint density at radius 1 is 1.37 bits per heavy atom. The second-order valence-electron chi connectivity index (χ2n) is 4.19.